The van der Waals surface area contributed by atoms with Gasteiger partial charge in [-0.25, -0.2) is 4.98 Å². The molecule has 0 atom stereocenters. The number of pyridine rings is 1. The number of rotatable bonds is 8. The van der Waals surface area contributed by atoms with Crippen LogP contribution in [0.15, 0.2) is 30.3 Å². The monoisotopic (exact) mass is 435 g/mol. The molecule has 1 aliphatic rings. The molecule has 0 spiro atoms. The van der Waals surface area contributed by atoms with Gasteiger partial charge in [-0.15, -0.1) is 0 Å². The average Bonchev–Trinajstić information content (AvgIpc) is 2.98. The summed E-state index contributed by atoms with van der Waals surface area (Å²) in [5, 5.41) is 9.44. The molecule has 1 aliphatic heterocycles. The summed E-state index contributed by atoms with van der Waals surface area (Å²) in [5.74, 6) is 0.617. The Morgan fingerprint density at radius 3 is 2.47 bits per heavy atom. The number of ether oxygens (including phenoxy) is 1. The number of nitriles is 1. The maximum atomic E-state index is 11.9. The molecule has 0 radical (unpaired) electrons. The summed E-state index contributed by atoms with van der Waals surface area (Å²) in [6, 6.07) is 11.5. The van der Waals surface area contributed by atoms with Crippen molar-refractivity contribution in [3.63, 3.8) is 0 Å². The minimum atomic E-state index is -0.594. The van der Waals surface area contributed by atoms with E-state index in [0.717, 1.165) is 23.0 Å². The smallest absolute Gasteiger partial charge is 0.399 e. The number of anilines is 1. The molecule has 0 aliphatic carbocycles. The normalized spacial score (nSPS) is 16.6. The standard InChI is InChI=1S/C24H30BN3O4/c1-23(2)24(3,4)32-25(31-23)21-10-7-17(13-19(21)16-29)14-20-9-8-18(15-26)22(27-20)28(5)11-12-30-6/h7-10,13,16H,11-12,14H2,1-6H3. The van der Waals surface area contributed by atoms with Crippen LogP contribution in [0.2, 0.25) is 0 Å². The topological polar surface area (TPSA) is 84.7 Å². The van der Waals surface area contributed by atoms with Crippen molar-refractivity contribution in [2.45, 2.75) is 45.3 Å². The van der Waals surface area contributed by atoms with Crippen molar-refractivity contribution < 1.29 is 18.8 Å². The molecule has 1 aromatic carbocycles. The van der Waals surface area contributed by atoms with Gasteiger partial charge in [0.2, 0.25) is 0 Å². The summed E-state index contributed by atoms with van der Waals surface area (Å²) in [6.07, 6.45) is 1.36. The number of hydrogen-bond donors (Lipinski definition) is 0. The van der Waals surface area contributed by atoms with Crippen molar-refractivity contribution in [3.8, 4) is 6.07 Å². The predicted molar refractivity (Wildman–Crippen MR) is 124 cm³/mol. The second kappa shape index (κ2) is 9.41. The van der Waals surface area contributed by atoms with Crippen LogP contribution >= 0.6 is 0 Å². The van der Waals surface area contributed by atoms with Gasteiger partial charge in [0.15, 0.2) is 0 Å². The van der Waals surface area contributed by atoms with Gasteiger partial charge in [-0.1, -0.05) is 12.1 Å². The summed E-state index contributed by atoms with van der Waals surface area (Å²) >= 11 is 0. The van der Waals surface area contributed by atoms with Crippen molar-refractivity contribution >= 4 is 24.7 Å². The van der Waals surface area contributed by atoms with Crippen LogP contribution in [0.4, 0.5) is 5.82 Å². The number of carbonyl (C=O) groups excluding carboxylic acids is 1. The molecule has 168 valence electrons. The Labute approximate surface area is 190 Å². The van der Waals surface area contributed by atoms with Crippen molar-refractivity contribution in [1.82, 2.24) is 4.98 Å². The molecule has 8 heteroatoms. The lowest BCUT2D eigenvalue weighted by molar-refractivity contribution is 0.00578. The molecular weight excluding hydrogens is 405 g/mol. The molecule has 3 rings (SSSR count). The van der Waals surface area contributed by atoms with Gasteiger partial charge in [0, 0.05) is 38.4 Å². The lowest BCUT2D eigenvalue weighted by Crippen LogP contribution is -2.41. The van der Waals surface area contributed by atoms with E-state index < -0.39 is 18.3 Å². The lowest BCUT2D eigenvalue weighted by atomic mass is 9.75. The van der Waals surface area contributed by atoms with Crippen molar-refractivity contribution in [1.29, 1.82) is 5.26 Å². The van der Waals surface area contributed by atoms with E-state index in [1.807, 2.05) is 63.9 Å². The fourth-order valence-electron chi connectivity index (χ4n) is 3.53. The Hall–Kier alpha value is -2.73. The molecule has 1 fully saturated rings. The molecule has 0 saturated carbocycles. The van der Waals surface area contributed by atoms with E-state index in [0.29, 0.717) is 36.5 Å². The quantitative estimate of drug-likeness (QED) is 0.466. The van der Waals surface area contributed by atoms with E-state index in [1.54, 1.807) is 13.2 Å². The molecule has 0 bridgehead atoms. The van der Waals surface area contributed by atoms with Gasteiger partial charge in [-0.05, 0) is 56.9 Å². The van der Waals surface area contributed by atoms with Gasteiger partial charge in [-0.2, -0.15) is 5.26 Å². The lowest BCUT2D eigenvalue weighted by Gasteiger charge is -2.32. The SMILES string of the molecule is COCCN(C)c1nc(Cc2ccc(B3OC(C)(C)C(C)(C)O3)c(C=O)c2)ccc1C#N. The van der Waals surface area contributed by atoms with Gasteiger partial charge in [0.05, 0.1) is 23.4 Å². The minimum absolute atomic E-state index is 0.478. The molecule has 0 N–H and O–H groups in total. The number of hydrogen-bond acceptors (Lipinski definition) is 7. The zero-order valence-electron chi connectivity index (χ0n) is 19.6. The Bertz CT molecular complexity index is 1020. The third-order valence-corrected chi connectivity index (χ3v) is 6.22. The molecule has 1 aromatic heterocycles. The first-order valence-electron chi connectivity index (χ1n) is 10.7. The number of aromatic nitrogens is 1. The molecule has 2 heterocycles. The van der Waals surface area contributed by atoms with Gasteiger partial charge < -0.3 is 18.9 Å². The summed E-state index contributed by atoms with van der Waals surface area (Å²) in [4.78, 5) is 18.5. The van der Waals surface area contributed by atoms with E-state index in [-0.39, 0.29) is 0 Å². The van der Waals surface area contributed by atoms with Crippen LogP contribution in [0.1, 0.15) is 54.9 Å². The maximum Gasteiger partial charge on any atom is 0.495 e. The zero-order chi connectivity index (χ0) is 23.5. The highest BCUT2D eigenvalue weighted by molar-refractivity contribution is 6.63. The van der Waals surface area contributed by atoms with Crippen LogP contribution in [-0.4, -0.2) is 56.9 Å². The molecule has 32 heavy (non-hydrogen) atoms. The predicted octanol–water partition coefficient (Wildman–Crippen LogP) is 2.74. The molecular formula is C24H30BN3O4. The second-order valence-corrected chi connectivity index (χ2v) is 9.05. The first-order chi connectivity index (χ1) is 15.1. The fraction of sp³-hybridized carbons (Fsp3) is 0.458. The zero-order valence-corrected chi connectivity index (χ0v) is 19.6. The average molecular weight is 435 g/mol. The van der Waals surface area contributed by atoms with Crippen LogP contribution in [0.25, 0.3) is 0 Å². The number of carbonyl (C=O) groups is 1. The van der Waals surface area contributed by atoms with Crippen LogP contribution in [-0.2, 0) is 20.5 Å². The first-order valence-corrected chi connectivity index (χ1v) is 10.7. The summed E-state index contributed by atoms with van der Waals surface area (Å²) in [7, 11) is 2.93. The van der Waals surface area contributed by atoms with Crippen LogP contribution in [0.3, 0.4) is 0 Å². The fourth-order valence-corrected chi connectivity index (χ4v) is 3.53. The van der Waals surface area contributed by atoms with Gasteiger partial charge >= 0.3 is 7.12 Å². The molecule has 7 nitrogen and oxygen atoms in total. The van der Waals surface area contributed by atoms with Crippen LogP contribution < -0.4 is 10.4 Å². The Kier molecular flexibility index (Phi) is 7.04. The second-order valence-electron chi connectivity index (χ2n) is 9.05. The molecule has 1 saturated heterocycles. The molecule has 0 unspecified atom stereocenters. The third-order valence-electron chi connectivity index (χ3n) is 6.22. The highest BCUT2D eigenvalue weighted by Gasteiger charge is 2.52. The van der Waals surface area contributed by atoms with E-state index in [9.17, 15) is 10.1 Å². The number of aldehydes is 1. The van der Waals surface area contributed by atoms with E-state index in [1.165, 1.54) is 0 Å². The maximum absolute atomic E-state index is 11.9. The van der Waals surface area contributed by atoms with Crippen molar-refractivity contribution in [2.75, 3.05) is 32.2 Å². The number of likely N-dealkylation sites (N-methyl/N-ethyl adjacent to an activating group) is 1. The largest absolute Gasteiger partial charge is 0.495 e. The third kappa shape index (κ3) is 4.86. The Balaban J connectivity index is 1.85. The number of nitrogens with zero attached hydrogens (tertiary/aromatic N) is 3. The summed E-state index contributed by atoms with van der Waals surface area (Å²) in [6.45, 7) is 9.11. The molecule has 2 aromatic rings. The van der Waals surface area contributed by atoms with Crippen LogP contribution in [0, 0.1) is 11.3 Å². The number of benzene rings is 1. The van der Waals surface area contributed by atoms with E-state index in [2.05, 4.69) is 6.07 Å². The van der Waals surface area contributed by atoms with E-state index in [4.69, 9.17) is 19.0 Å². The Morgan fingerprint density at radius 1 is 1.19 bits per heavy atom. The highest BCUT2D eigenvalue weighted by Crippen LogP contribution is 2.36. The van der Waals surface area contributed by atoms with Gasteiger partial charge in [0.1, 0.15) is 18.2 Å². The van der Waals surface area contributed by atoms with Crippen molar-refractivity contribution in [3.05, 3.63) is 52.7 Å². The van der Waals surface area contributed by atoms with Gasteiger partial charge in [0.25, 0.3) is 0 Å². The summed E-state index contributed by atoms with van der Waals surface area (Å²) < 4.78 is 17.4. The Morgan fingerprint density at radius 2 is 1.88 bits per heavy atom. The number of methoxy groups -OCH3 is 1. The van der Waals surface area contributed by atoms with Gasteiger partial charge in [-0.3, -0.25) is 4.79 Å². The summed E-state index contributed by atoms with van der Waals surface area (Å²) in [5.41, 5.74) is 2.56. The van der Waals surface area contributed by atoms with Crippen molar-refractivity contribution in [2.24, 2.45) is 0 Å². The molecule has 0 amide bonds. The van der Waals surface area contributed by atoms with Crippen LogP contribution in [0.5, 0.6) is 0 Å². The minimum Gasteiger partial charge on any atom is -0.399 e. The highest BCUT2D eigenvalue weighted by atomic mass is 16.7. The first kappa shape index (κ1) is 23.9. The van der Waals surface area contributed by atoms with E-state index >= 15 is 0 Å².